The number of hydrogen-bond acceptors (Lipinski definition) is 1. The van der Waals surface area contributed by atoms with Crippen LogP contribution in [0, 0.1) is 13.8 Å². The summed E-state index contributed by atoms with van der Waals surface area (Å²) in [6, 6.07) is 19.7. The van der Waals surface area contributed by atoms with Crippen molar-refractivity contribution in [3.8, 4) is 22.4 Å². The Morgan fingerprint density at radius 3 is 2.42 bits per heavy atom. The van der Waals surface area contributed by atoms with Crippen LogP contribution < -0.4 is 0 Å². The molecule has 0 N–H and O–H groups in total. The van der Waals surface area contributed by atoms with Crippen LogP contribution >= 0.6 is 0 Å². The second-order valence-corrected chi connectivity index (χ2v) is 6.57. The van der Waals surface area contributed by atoms with Crippen molar-refractivity contribution in [2.75, 3.05) is 0 Å². The first kappa shape index (κ1) is 14.9. The van der Waals surface area contributed by atoms with Crippen molar-refractivity contribution in [3.63, 3.8) is 0 Å². The Kier molecular flexibility index (Phi) is 3.78. The molecule has 0 bridgehead atoms. The van der Waals surface area contributed by atoms with Gasteiger partial charge in [-0.05, 0) is 49.4 Å². The standard InChI is InChI=1S/C23H21N/c1-16-6-5-8-20(14-16)18-10-12-19(13-11-18)23-22-9-4-3-7-21(22)15-17(2)24-23/h4-6,8-15H,3,7H2,1-2H3. The second kappa shape index (κ2) is 6.09. The van der Waals surface area contributed by atoms with E-state index in [0.717, 1.165) is 24.2 Å². The largest absolute Gasteiger partial charge is 0.252 e. The maximum absolute atomic E-state index is 4.82. The monoisotopic (exact) mass is 311 g/mol. The molecule has 0 saturated carbocycles. The highest BCUT2D eigenvalue weighted by Gasteiger charge is 2.13. The van der Waals surface area contributed by atoms with E-state index in [1.165, 1.54) is 33.4 Å². The highest BCUT2D eigenvalue weighted by molar-refractivity contribution is 5.77. The Labute approximate surface area is 143 Å². The smallest absolute Gasteiger partial charge is 0.0780 e. The summed E-state index contributed by atoms with van der Waals surface area (Å²) in [6.07, 6.45) is 6.73. The maximum Gasteiger partial charge on any atom is 0.0780 e. The Morgan fingerprint density at radius 1 is 0.833 bits per heavy atom. The van der Waals surface area contributed by atoms with Gasteiger partial charge in [-0.25, -0.2) is 0 Å². The van der Waals surface area contributed by atoms with Crippen molar-refractivity contribution in [2.45, 2.75) is 26.7 Å². The van der Waals surface area contributed by atoms with Gasteiger partial charge in [-0.3, -0.25) is 4.98 Å². The minimum Gasteiger partial charge on any atom is -0.252 e. The number of aryl methyl sites for hydroxylation is 3. The summed E-state index contributed by atoms with van der Waals surface area (Å²) in [4.78, 5) is 4.82. The topological polar surface area (TPSA) is 12.9 Å². The molecule has 1 aliphatic carbocycles. The van der Waals surface area contributed by atoms with Gasteiger partial charge < -0.3 is 0 Å². The van der Waals surface area contributed by atoms with Gasteiger partial charge in [0.05, 0.1) is 5.69 Å². The van der Waals surface area contributed by atoms with Crippen molar-refractivity contribution in [3.05, 3.63) is 83.1 Å². The minimum atomic E-state index is 1.10. The molecule has 4 rings (SSSR count). The van der Waals surface area contributed by atoms with E-state index < -0.39 is 0 Å². The van der Waals surface area contributed by atoms with Gasteiger partial charge in [0.1, 0.15) is 0 Å². The molecular weight excluding hydrogens is 290 g/mol. The Balaban J connectivity index is 1.77. The summed E-state index contributed by atoms with van der Waals surface area (Å²) in [5, 5.41) is 0. The predicted molar refractivity (Wildman–Crippen MR) is 102 cm³/mol. The molecule has 0 unspecified atom stereocenters. The van der Waals surface area contributed by atoms with Crippen molar-refractivity contribution >= 4 is 6.08 Å². The number of hydrogen-bond donors (Lipinski definition) is 0. The van der Waals surface area contributed by atoms with Gasteiger partial charge in [-0.1, -0.05) is 66.2 Å². The minimum absolute atomic E-state index is 1.10. The zero-order valence-corrected chi connectivity index (χ0v) is 14.2. The fourth-order valence-corrected chi connectivity index (χ4v) is 3.45. The molecule has 1 aliphatic rings. The molecule has 0 aliphatic heterocycles. The van der Waals surface area contributed by atoms with Crippen molar-refractivity contribution < 1.29 is 0 Å². The van der Waals surface area contributed by atoms with Crippen LogP contribution in [0.1, 0.15) is 28.8 Å². The van der Waals surface area contributed by atoms with Crippen LogP contribution in [0.4, 0.5) is 0 Å². The summed E-state index contributed by atoms with van der Waals surface area (Å²) in [6.45, 7) is 4.22. The third kappa shape index (κ3) is 2.78. The quantitative estimate of drug-likeness (QED) is 0.566. The second-order valence-electron chi connectivity index (χ2n) is 6.57. The van der Waals surface area contributed by atoms with Crippen LogP contribution in [0.3, 0.4) is 0 Å². The molecule has 1 aromatic heterocycles. The zero-order valence-electron chi connectivity index (χ0n) is 14.2. The van der Waals surface area contributed by atoms with Gasteiger partial charge in [0.15, 0.2) is 0 Å². The third-order valence-electron chi connectivity index (χ3n) is 4.65. The normalized spacial score (nSPS) is 12.9. The lowest BCUT2D eigenvalue weighted by Crippen LogP contribution is -2.01. The molecule has 0 atom stereocenters. The van der Waals surface area contributed by atoms with Gasteiger partial charge in [0.2, 0.25) is 0 Å². The number of nitrogens with zero attached hydrogens (tertiary/aromatic N) is 1. The number of benzene rings is 2. The van der Waals surface area contributed by atoms with Gasteiger partial charge >= 0.3 is 0 Å². The van der Waals surface area contributed by atoms with E-state index in [1.54, 1.807) is 0 Å². The van der Waals surface area contributed by atoms with Crippen LogP contribution in [-0.2, 0) is 6.42 Å². The van der Waals surface area contributed by atoms with E-state index in [2.05, 4.69) is 80.6 Å². The molecular formula is C23H21N. The van der Waals surface area contributed by atoms with Crippen LogP contribution in [0.25, 0.3) is 28.5 Å². The van der Waals surface area contributed by atoms with Crippen LogP contribution in [-0.4, -0.2) is 4.98 Å². The Morgan fingerprint density at radius 2 is 1.62 bits per heavy atom. The van der Waals surface area contributed by atoms with E-state index in [9.17, 15) is 0 Å². The molecule has 1 nitrogen and oxygen atoms in total. The van der Waals surface area contributed by atoms with E-state index in [4.69, 9.17) is 4.98 Å². The molecule has 1 heterocycles. The highest BCUT2D eigenvalue weighted by Crippen LogP contribution is 2.31. The summed E-state index contributed by atoms with van der Waals surface area (Å²) in [5.41, 5.74) is 9.91. The van der Waals surface area contributed by atoms with Gasteiger partial charge in [0, 0.05) is 16.8 Å². The molecule has 24 heavy (non-hydrogen) atoms. The number of aromatic nitrogens is 1. The number of rotatable bonds is 2. The summed E-state index contributed by atoms with van der Waals surface area (Å²) >= 11 is 0. The van der Waals surface area contributed by atoms with E-state index >= 15 is 0 Å². The summed E-state index contributed by atoms with van der Waals surface area (Å²) in [5.74, 6) is 0. The lowest BCUT2D eigenvalue weighted by molar-refractivity contribution is 0.970. The first-order valence-electron chi connectivity index (χ1n) is 8.55. The Bertz CT molecular complexity index is 917. The molecule has 3 aromatic rings. The van der Waals surface area contributed by atoms with Gasteiger partial charge in [-0.15, -0.1) is 0 Å². The molecule has 1 heteroatoms. The maximum atomic E-state index is 4.82. The Hall–Kier alpha value is -2.67. The van der Waals surface area contributed by atoms with E-state index in [-0.39, 0.29) is 0 Å². The van der Waals surface area contributed by atoms with Crippen LogP contribution in [0.5, 0.6) is 0 Å². The zero-order chi connectivity index (χ0) is 16.5. The average molecular weight is 311 g/mol. The summed E-state index contributed by atoms with van der Waals surface area (Å²) in [7, 11) is 0. The molecule has 118 valence electrons. The van der Waals surface area contributed by atoms with E-state index in [0.29, 0.717) is 0 Å². The van der Waals surface area contributed by atoms with Gasteiger partial charge in [0.25, 0.3) is 0 Å². The summed E-state index contributed by atoms with van der Waals surface area (Å²) < 4.78 is 0. The SMILES string of the molecule is Cc1cccc(-c2ccc(-c3nc(C)cc4c3C=CCC4)cc2)c1. The first-order chi connectivity index (χ1) is 11.7. The number of fused-ring (bicyclic) bond motifs is 1. The fraction of sp³-hybridized carbons (Fsp3) is 0.174. The predicted octanol–water partition coefficient (Wildman–Crippen LogP) is 5.99. The van der Waals surface area contributed by atoms with Crippen LogP contribution in [0.2, 0.25) is 0 Å². The van der Waals surface area contributed by atoms with E-state index in [1.807, 2.05) is 0 Å². The lowest BCUT2D eigenvalue weighted by atomic mass is 9.92. The molecule has 0 saturated heterocycles. The lowest BCUT2D eigenvalue weighted by Gasteiger charge is -2.16. The molecule has 0 radical (unpaired) electrons. The molecule has 0 amide bonds. The van der Waals surface area contributed by atoms with Crippen molar-refractivity contribution in [1.82, 2.24) is 4.98 Å². The van der Waals surface area contributed by atoms with Gasteiger partial charge in [-0.2, -0.15) is 0 Å². The highest BCUT2D eigenvalue weighted by atomic mass is 14.7. The number of pyridine rings is 1. The van der Waals surface area contributed by atoms with Crippen molar-refractivity contribution in [1.29, 1.82) is 0 Å². The first-order valence-corrected chi connectivity index (χ1v) is 8.55. The van der Waals surface area contributed by atoms with Crippen molar-refractivity contribution in [2.24, 2.45) is 0 Å². The average Bonchev–Trinajstić information content (AvgIpc) is 2.61. The molecule has 0 fully saturated rings. The molecule has 0 spiro atoms. The number of allylic oxidation sites excluding steroid dienone is 1. The fourth-order valence-electron chi connectivity index (χ4n) is 3.45. The third-order valence-corrected chi connectivity index (χ3v) is 4.65. The molecule has 2 aromatic carbocycles. The van der Waals surface area contributed by atoms with Crippen LogP contribution in [0.15, 0.2) is 60.7 Å².